The molecule has 0 bridgehead atoms. The lowest BCUT2D eigenvalue weighted by molar-refractivity contribution is -0.126. The van der Waals surface area contributed by atoms with Crippen molar-refractivity contribution in [3.8, 4) is 17.2 Å². The number of benzene rings is 3. The quantitative estimate of drug-likeness (QED) is 0.303. The van der Waals surface area contributed by atoms with Crippen molar-refractivity contribution in [3.05, 3.63) is 78.4 Å². The molecule has 5 rings (SSSR count). The SMILES string of the molecule is CCCCOc1ccc([C@H]2[C@@H]3C(=O)N(c4ccccc4OC)C(=O)[C@H]3ON2c2ccccc2)cc1OC. The van der Waals surface area contributed by atoms with Gasteiger partial charge in [-0.1, -0.05) is 49.7 Å². The molecule has 2 aliphatic rings. The second kappa shape index (κ2) is 10.5. The van der Waals surface area contributed by atoms with Gasteiger partial charge in [-0.3, -0.25) is 14.4 Å². The van der Waals surface area contributed by atoms with E-state index in [-0.39, 0.29) is 5.91 Å². The van der Waals surface area contributed by atoms with Crippen LogP contribution in [0.5, 0.6) is 17.2 Å². The smallest absolute Gasteiger partial charge is 0.266 e. The Hall–Kier alpha value is -4.04. The zero-order chi connectivity index (χ0) is 25.9. The molecule has 8 heteroatoms. The fourth-order valence-electron chi connectivity index (χ4n) is 4.92. The van der Waals surface area contributed by atoms with E-state index in [4.69, 9.17) is 19.0 Å². The molecular weight excluding hydrogens is 472 g/mol. The molecule has 0 radical (unpaired) electrons. The first-order valence-electron chi connectivity index (χ1n) is 12.4. The van der Waals surface area contributed by atoms with Crippen molar-refractivity contribution in [2.75, 3.05) is 30.8 Å². The van der Waals surface area contributed by atoms with Gasteiger partial charge in [0, 0.05) is 0 Å². The number of hydrogen-bond donors (Lipinski definition) is 0. The number of nitrogens with zero attached hydrogens (tertiary/aromatic N) is 2. The summed E-state index contributed by atoms with van der Waals surface area (Å²) in [5, 5.41) is 1.66. The van der Waals surface area contributed by atoms with Gasteiger partial charge in [0.25, 0.3) is 5.91 Å². The summed E-state index contributed by atoms with van der Waals surface area (Å²) in [5.41, 5.74) is 1.92. The first-order chi connectivity index (χ1) is 18.1. The maximum absolute atomic E-state index is 13.9. The fourth-order valence-corrected chi connectivity index (χ4v) is 4.92. The van der Waals surface area contributed by atoms with E-state index >= 15 is 0 Å². The maximum atomic E-state index is 13.9. The standard InChI is InChI=1S/C29H30N2O6/c1-4-5-17-36-23-16-15-19(18-24(23)35-3)26-25-27(37-31(26)20-11-7-6-8-12-20)29(33)30(28(25)32)21-13-9-10-14-22(21)34-2/h6-16,18,25-27H,4-5,17H2,1-3H3/t25-,26-,27-/m0/s1. The number of hydrogen-bond acceptors (Lipinski definition) is 7. The lowest BCUT2D eigenvalue weighted by Gasteiger charge is -2.29. The number of carbonyl (C=O) groups is 2. The Morgan fingerprint density at radius 2 is 1.57 bits per heavy atom. The molecule has 2 fully saturated rings. The van der Waals surface area contributed by atoms with E-state index in [9.17, 15) is 9.59 Å². The Morgan fingerprint density at radius 1 is 0.838 bits per heavy atom. The fraction of sp³-hybridized carbons (Fsp3) is 0.310. The van der Waals surface area contributed by atoms with Crippen molar-refractivity contribution in [1.29, 1.82) is 0 Å². The number of anilines is 2. The highest BCUT2D eigenvalue weighted by Gasteiger charge is 2.60. The minimum absolute atomic E-state index is 0.342. The third-order valence-corrected chi connectivity index (χ3v) is 6.74. The van der Waals surface area contributed by atoms with Crippen LogP contribution in [-0.2, 0) is 14.4 Å². The molecule has 0 unspecified atom stereocenters. The Morgan fingerprint density at radius 3 is 2.30 bits per heavy atom. The number of hydroxylamine groups is 1. The minimum Gasteiger partial charge on any atom is -0.495 e. The molecule has 0 N–H and O–H groups in total. The molecule has 3 atom stereocenters. The largest absolute Gasteiger partial charge is 0.495 e. The normalized spacial score (nSPS) is 20.8. The van der Waals surface area contributed by atoms with Crippen LogP contribution in [0.15, 0.2) is 72.8 Å². The van der Waals surface area contributed by atoms with E-state index in [1.165, 1.54) is 12.0 Å². The summed E-state index contributed by atoms with van der Waals surface area (Å²) in [6, 6.07) is 21.5. The van der Waals surface area contributed by atoms with Gasteiger partial charge in [-0.2, -0.15) is 0 Å². The molecule has 0 aliphatic carbocycles. The molecule has 2 amide bonds. The average molecular weight is 503 g/mol. The number of imide groups is 1. The molecule has 0 aromatic heterocycles. The Bertz CT molecular complexity index is 1280. The zero-order valence-electron chi connectivity index (χ0n) is 21.1. The van der Waals surface area contributed by atoms with Gasteiger partial charge in [-0.15, -0.1) is 0 Å². The van der Waals surface area contributed by atoms with Gasteiger partial charge in [-0.05, 0) is 48.4 Å². The van der Waals surface area contributed by atoms with Crippen molar-refractivity contribution in [2.24, 2.45) is 5.92 Å². The van der Waals surface area contributed by atoms with Crippen LogP contribution in [0.4, 0.5) is 11.4 Å². The number of rotatable bonds is 9. The van der Waals surface area contributed by atoms with Gasteiger partial charge in [0.15, 0.2) is 17.6 Å². The van der Waals surface area contributed by atoms with Crippen LogP contribution in [-0.4, -0.2) is 38.7 Å². The van der Waals surface area contributed by atoms with Crippen LogP contribution in [0.1, 0.15) is 31.4 Å². The summed E-state index contributed by atoms with van der Waals surface area (Å²) in [6.45, 7) is 2.69. The van der Waals surface area contributed by atoms with Gasteiger partial charge >= 0.3 is 0 Å². The van der Waals surface area contributed by atoms with Gasteiger partial charge in [0.05, 0.1) is 38.2 Å². The maximum Gasteiger partial charge on any atom is 0.266 e. The number of fused-ring (bicyclic) bond motifs is 1. The van der Waals surface area contributed by atoms with E-state index in [1.807, 2.05) is 48.5 Å². The molecule has 3 aromatic rings. The lowest BCUT2D eigenvalue weighted by atomic mass is 9.90. The van der Waals surface area contributed by atoms with Crippen LogP contribution >= 0.6 is 0 Å². The average Bonchev–Trinajstić information content (AvgIpc) is 3.45. The van der Waals surface area contributed by atoms with Crippen molar-refractivity contribution in [2.45, 2.75) is 31.9 Å². The van der Waals surface area contributed by atoms with Crippen LogP contribution in [0.25, 0.3) is 0 Å². The van der Waals surface area contributed by atoms with E-state index in [0.717, 1.165) is 24.1 Å². The molecule has 0 spiro atoms. The van der Waals surface area contributed by atoms with E-state index < -0.39 is 24.0 Å². The topological polar surface area (TPSA) is 77.5 Å². The predicted octanol–water partition coefficient (Wildman–Crippen LogP) is 4.93. The Kier molecular flexibility index (Phi) is 7.01. The van der Waals surface area contributed by atoms with Crippen molar-refractivity contribution < 1.29 is 28.6 Å². The molecule has 192 valence electrons. The first-order valence-corrected chi connectivity index (χ1v) is 12.4. The molecule has 2 aliphatic heterocycles. The Labute approximate surface area is 216 Å². The monoisotopic (exact) mass is 502 g/mol. The first kappa shape index (κ1) is 24.6. The molecule has 37 heavy (non-hydrogen) atoms. The summed E-state index contributed by atoms with van der Waals surface area (Å²) in [6.07, 6.45) is 0.977. The van der Waals surface area contributed by atoms with Crippen LogP contribution in [0, 0.1) is 5.92 Å². The highest BCUT2D eigenvalue weighted by Crippen LogP contribution is 2.49. The second-order valence-electron chi connectivity index (χ2n) is 8.95. The van der Waals surface area contributed by atoms with Crippen LogP contribution < -0.4 is 24.2 Å². The van der Waals surface area contributed by atoms with E-state index in [2.05, 4.69) is 6.92 Å². The number of unbranched alkanes of at least 4 members (excludes halogenated alkanes) is 1. The predicted molar refractivity (Wildman–Crippen MR) is 139 cm³/mol. The third-order valence-electron chi connectivity index (χ3n) is 6.74. The lowest BCUT2D eigenvalue weighted by Crippen LogP contribution is -2.37. The minimum atomic E-state index is -0.978. The van der Waals surface area contributed by atoms with Crippen LogP contribution in [0.2, 0.25) is 0 Å². The van der Waals surface area contributed by atoms with Crippen LogP contribution in [0.3, 0.4) is 0 Å². The summed E-state index contributed by atoms with van der Waals surface area (Å²) in [5.74, 6) is 0.0963. The van der Waals surface area contributed by atoms with Crippen molar-refractivity contribution in [1.82, 2.24) is 0 Å². The number of carbonyl (C=O) groups excluding carboxylic acids is 2. The summed E-state index contributed by atoms with van der Waals surface area (Å²) >= 11 is 0. The number of ether oxygens (including phenoxy) is 3. The molecule has 8 nitrogen and oxygen atoms in total. The zero-order valence-corrected chi connectivity index (χ0v) is 21.1. The summed E-state index contributed by atoms with van der Waals surface area (Å²) in [7, 11) is 3.10. The highest BCUT2D eigenvalue weighted by atomic mass is 16.7. The highest BCUT2D eigenvalue weighted by molar-refractivity contribution is 6.24. The van der Waals surface area contributed by atoms with E-state index in [1.54, 1.807) is 36.4 Å². The van der Waals surface area contributed by atoms with Crippen molar-refractivity contribution in [3.63, 3.8) is 0 Å². The third kappa shape index (κ3) is 4.38. The number of para-hydroxylation sites is 3. The van der Waals surface area contributed by atoms with Gasteiger partial charge in [0.2, 0.25) is 5.91 Å². The van der Waals surface area contributed by atoms with Crippen molar-refractivity contribution >= 4 is 23.2 Å². The molecule has 0 saturated carbocycles. The number of methoxy groups -OCH3 is 2. The van der Waals surface area contributed by atoms with Gasteiger partial charge < -0.3 is 14.2 Å². The van der Waals surface area contributed by atoms with E-state index in [0.29, 0.717) is 29.5 Å². The molecule has 2 heterocycles. The summed E-state index contributed by atoms with van der Waals surface area (Å²) in [4.78, 5) is 34.9. The van der Waals surface area contributed by atoms with Gasteiger partial charge in [0.1, 0.15) is 11.7 Å². The molecule has 3 aromatic carbocycles. The van der Waals surface area contributed by atoms with Gasteiger partial charge in [-0.25, -0.2) is 9.96 Å². The molecule has 2 saturated heterocycles. The Balaban J connectivity index is 1.56. The second-order valence-corrected chi connectivity index (χ2v) is 8.95. The summed E-state index contributed by atoms with van der Waals surface area (Å²) < 4.78 is 17.0. The number of amides is 2. The molecular formula is C29H30N2O6.